The number of carbonyl (C=O) groups is 2. The molecule has 1 N–H and O–H groups in total. The van der Waals surface area contributed by atoms with E-state index in [1.807, 2.05) is 35.7 Å². The first-order chi connectivity index (χ1) is 16.5. The van der Waals surface area contributed by atoms with E-state index in [-0.39, 0.29) is 18.4 Å². The van der Waals surface area contributed by atoms with Crippen molar-refractivity contribution in [3.05, 3.63) is 77.3 Å². The third-order valence-corrected chi connectivity index (χ3v) is 6.52. The number of fused-ring (bicyclic) bond motifs is 1. The molecule has 0 fully saturated rings. The number of amides is 2. The predicted molar refractivity (Wildman–Crippen MR) is 133 cm³/mol. The number of hydrogen-bond donors (Lipinski definition) is 1. The van der Waals surface area contributed by atoms with Gasteiger partial charge in [-0.3, -0.25) is 19.5 Å². The van der Waals surface area contributed by atoms with Crippen LogP contribution in [0.3, 0.4) is 0 Å². The van der Waals surface area contributed by atoms with Crippen molar-refractivity contribution in [3.8, 4) is 27.7 Å². The lowest BCUT2D eigenvalue weighted by Gasteiger charge is -2.33. The topological polar surface area (TPSA) is 84.4 Å². The third-order valence-electron chi connectivity index (χ3n) is 5.40. The molecule has 0 saturated heterocycles. The Morgan fingerprint density at radius 2 is 1.97 bits per heavy atom. The molecule has 0 aliphatic carbocycles. The molecule has 34 heavy (non-hydrogen) atoms. The summed E-state index contributed by atoms with van der Waals surface area (Å²) in [6.45, 7) is 1.55. The molecule has 0 radical (unpaired) electrons. The average molecular weight is 491 g/mol. The van der Waals surface area contributed by atoms with E-state index < -0.39 is 6.04 Å². The fourth-order valence-electron chi connectivity index (χ4n) is 3.67. The second-order valence-corrected chi connectivity index (χ2v) is 8.95. The van der Waals surface area contributed by atoms with Gasteiger partial charge >= 0.3 is 0 Å². The fraction of sp³-hybridized carbons (Fsp3) is 0.120. The van der Waals surface area contributed by atoms with E-state index in [2.05, 4.69) is 10.3 Å². The van der Waals surface area contributed by atoms with Crippen molar-refractivity contribution in [3.63, 3.8) is 0 Å². The molecule has 1 atom stereocenters. The van der Waals surface area contributed by atoms with Crippen molar-refractivity contribution in [2.75, 3.05) is 16.8 Å². The third kappa shape index (κ3) is 4.37. The highest BCUT2D eigenvalue weighted by Crippen LogP contribution is 2.38. The molecular weight excluding hydrogens is 472 g/mol. The summed E-state index contributed by atoms with van der Waals surface area (Å²) in [5.41, 5.74) is 3.49. The zero-order valence-corrected chi connectivity index (χ0v) is 19.6. The lowest BCUT2D eigenvalue weighted by atomic mass is 10.1. The molecule has 1 aliphatic rings. The Hall–Kier alpha value is -3.75. The number of hydrogen-bond acceptors (Lipinski definition) is 6. The Balaban J connectivity index is 1.44. The number of halogens is 1. The molecule has 3 heterocycles. The Morgan fingerprint density at radius 1 is 1.15 bits per heavy atom. The van der Waals surface area contributed by atoms with Gasteiger partial charge in [0.15, 0.2) is 6.61 Å². The number of nitrogens with zero attached hydrogens (tertiary/aromatic N) is 3. The first-order valence-electron chi connectivity index (χ1n) is 10.5. The van der Waals surface area contributed by atoms with Crippen LogP contribution in [-0.4, -0.2) is 34.4 Å². The van der Waals surface area contributed by atoms with Crippen LogP contribution >= 0.6 is 22.9 Å². The van der Waals surface area contributed by atoms with E-state index in [0.717, 1.165) is 22.0 Å². The normalized spacial score (nSPS) is 13.7. The highest BCUT2D eigenvalue weighted by atomic mass is 35.5. The van der Waals surface area contributed by atoms with Crippen molar-refractivity contribution < 1.29 is 14.3 Å². The van der Waals surface area contributed by atoms with Crippen LogP contribution in [0.5, 0.6) is 5.75 Å². The number of benzene rings is 2. The van der Waals surface area contributed by atoms with E-state index >= 15 is 0 Å². The van der Waals surface area contributed by atoms with Gasteiger partial charge in [-0.25, -0.2) is 4.98 Å². The van der Waals surface area contributed by atoms with Crippen molar-refractivity contribution in [1.29, 1.82) is 0 Å². The van der Waals surface area contributed by atoms with Gasteiger partial charge in [-0.1, -0.05) is 17.7 Å². The van der Waals surface area contributed by atoms with Crippen LogP contribution in [-0.2, 0) is 9.59 Å². The van der Waals surface area contributed by atoms with Crippen molar-refractivity contribution in [2.45, 2.75) is 13.0 Å². The fourth-order valence-corrected chi connectivity index (χ4v) is 4.60. The van der Waals surface area contributed by atoms with Gasteiger partial charge in [-0.15, -0.1) is 11.3 Å². The predicted octanol–water partition coefficient (Wildman–Crippen LogP) is 5.28. The number of pyridine rings is 1. The van der Waals surface area contributed by atoms with Gasteiger partial charge in [0, 0.05) is 27.9 Å². The van der Waals surface area contributed by atoms with Crippen LogP contribution in [0.4, 0.5) is 11.4 Å². The molecule has 1 aliphatic heterocycles. The minimum atomic E-state index is -0.763. The summed E-state index contributed by atoms with van der Waals surface area (Å²) in [6, 6.07) is 17.2. The molecule has 0 saturated carbocycles. The number of ether oxygens (including phenoxy) is 1. The van der Waals surface area contributed by atoms with E-state index in [0.29, 0.717) is 22.1 Å². The van der Waals surface area contributed by atoms with Crippen LogP contribution in [0.25, 0.3) is 22.0 Å². The Bertz CT molecular complexity index is 1360. The van der Waals surface area contributed by atoms with Gasteiger partial charge in [-0.05, 0) is 61.5 Å². The number of aromatic nitrogens is 2. The number of nitrogens with one attached hydrogen (secondary N) is 1. The Kier molecular flexibility index (Phi) is 6.00. The van der Waals surface area contributed by atoms with Crippen LogP contribution < -0.4 is 15.0 Å². The van der Waals surface area contributed by atoms with Crippen molar-refractivity contribution in [1.82, 2.24) is 9.97 Å². The summed E-state index contributed by atoms with van der Waals surface area (Å²) in [5, 5.41) is 6.15. The summed E-state index contributed by atoms with van der Waals surface area (Å²) >= 11 is 7.41. The van der Waals surface area contributed by atoms with Crippen LogP contribution in [0.15, 0.2) is 72.2 Å². The smallest absolute Gasteiger partial charge is 0.265 e. The minimum Gasteiger partial charge on any atom is -0.482 e. The lowest BCUT2D eigenvalue weighted by Crippen LogP contribution is -2.49. The first-order valence-corrected chi connectivity index (χ1v) is 11.8. The summed E-state index contributed by atoms with van der Waals surface area (Å²) in [6.07, 6.45) is 1.73. The van der Waals surface area contributed by atoms with Gasteiger partial charge in [0.1, 0.15) is 16.8 Å². The van der Waals surface area contributed by atoms with Crippen LogP contribution in [0, 0.1) is 0 Å². The number of rotatable bonds is 5. The largest absolute Gasteiger partial charge is 0.482 e. The second kappa shape index (κ2) is 9.24. The molecule has 5 rings (SSSR count). The molecule has 9 heteroatoms. The zero-order valence-electron chi connectivity index (χ0n) is 18.1. The van der Waals surface area contributed by atoms with Gasteiger partial charge in [0.2, 0.25) is 5.91 Å². The standard InChI is InChI=1S/C25H19ClN4O3S/c1-15(24(32)28-18-8-6-17(26)7-9-18)30-21-12-16(5-10-22(21)33-13-23(30)31)20-14-34-25(29-20)19-4-2-3-11-27-19/h2-12,14-15H,13H2,1H3,(H,28,32). The van der Waals surface area contributed by atoms with Crippen molar-refractivity contribution in [2.24, 2.45) is 0 Å². The molecular formula is C25H19ClN4O3S. The van der Waals surface area contributed by atoms with Crippen molar-refractivity contribution >= 4 is 46.1 Å². The van der Waals surface area contributed by atoms with Crippen LogP contribution in [0.2, 0.25) is 5.02 Å². The van der Waals surface area contributed by atoms with E-state index in [9.17, 15) is 9.59 Å². The van der Waals surface area contributed by atoms with E-state index in [1.54, 1.807) is 43.5 Å². The van der Waals surface area contributed by atoms with Gasteiger partial charge in [0.05, 0.1) is 17.1 Å². The maximum absolute atomic E-state index is 13.0. The molecule has 2 aromatic heterocycles. The number of anilines is 2. The first kappa shape index (κ1) is 22.1. The highest BCUT2D eigenvalue weighted by Gasteiger charge is 2.33. The van der Waals surface area contributed by atoms with Gasteiger partial charge in [0.25, 0.3) is 5.91 Å². The SMILES string of the molecule is CC(C(=O)Nc1ccc(Cl)cc1)N1C(=O)COc2ccc(-c3csc(-c4ccccn4)n3)cc21. The molecule has 170 valence electrons. The number of carbonyl (C=O) groups excluding carboxylic acids is 2. The summed E-state index contributed by atoms with van der Waals surface area (Å²) in [5.74, 6) is -0.0782. The van der Waals surface area contributed by atoms with Gasteiger partial charge in [-0.2, -0.15) is 0 Å². The maximum atomic E-state index is 13.0. The molecule has 2 amide bonds. The summed E-state index contributed by atoms with van der Waals surface area (Å²) in [7, 11) is 0. The number of thiazole rings is 1. The molecule has 0 spiro atoms. The van der Waals surface area contributed by atoms with E-state index in [1.165, 1.54) is 16.2 Å². The summed E-state index contributed by atoms with van der Waals surface area (Å²) in [4.78, 5) is 36.3. The molecule has 7 nitrogen and oxygen atoms in total. The lowest BCUT2D eigenvalue weighted by molar-refractivity contribution is -0.125. The average Bonchev–Trinajstić information content (AvgIpc) is 3.36. The molecule has 4 aromatic rings. The van der Waals surface area contributed by atoms with E-state index in [4.69, 9.17) is 21.3 Å². The maximum Gasteiger partial charge on any atom is 0.265 e. The Morgan fingerprint density at radius 3 is 2.74 bits per heavy atom. The quantitative estimate of drug-likeness (QED) is 0.411. The minimum absolute atomic E-state index is 0.133. The van der Waals surface area contributed by atoms with Crippen LogP contribution in [0.1, 0.15) is 6.92 Å². The zero-order chi connectivity index (χ0) is 23.7. The summed E-state index contributed by atoms with van der Waals surface area (Å²) < 4.78 is 5.63. The second-order valence-electron chi connectivity index (χ2n) is 7.66. The Labute approximate surface area is 205 Å². The molecule has 1 unspecified atom stereocenters. The van der Waals surface area contributed by atoms with Gasteiger partial charge < -0.3 is 10.1 Å². The molecule has 0 bridgehead atoms. The highest BCUT2D eigenvalue weighted by molar-refractivity contribution is 7.13. The molecule has 2 aromatic carbocycles. The monoisotopic (exact) mass is 490 g/mol.